The Hall–Kier alpha value is -1.04. The third-order valence-electron chi connectivity index (χ3n) is 7.74. The number of rotatable bonds is 6. The van der Waals surface area contributed by atoms with Gasteiger partial charge in [0.05, 0.1) is 6.61 Å². The fraction of sp³-hybridized carbons (Fsp3) is 0.818. The lowest BCUT2D eigenvalue weighted by Crippen LogP contribution is -2.63. The topological polar surface area (TPSA) is 41.5 Å². The number of nitrogens with zero attached hydrogens (tertiary/aromatic N) is 4. The van der Waals surface area contributed by atoms with Crippen LogP contribution in [0.4, 0.5) is 0 Å². The summed E-state index contributed by atoms with van der Waals surface area (Å²) < 4.78 is 5.10. The molecule has 5 heteroatoms. The van der Waals surface area contributed by atoms with Crippen molar-refractivity contribution in [2.24, 2.45) is 17.8 Å². The first-order valence-electron chi connectivity index (χ1n) is 11.0. The van der Waals surface area contributed by atoms with E-state index in [4.69, 9.17) is 4.74 Å². The lowest BCUT2D eigenvalue weighted by atomic mass is 9.52. The van der Waals surface area contributed by atoms with Crippen molar-refractivity contribution in [1.82, 2.24) is 19.8 Å². The summed E-state index contributed by atoms with van der Waals surface area (Å²) in [6, 6.07) is 0. The number of hydrogen-bond acceptors (Lipinski definition) is 5. The Labute approximate surface area is 163 Å². The van der Waals surface area contributed by atoms with Gasteiger partial charge in [-0.05, 0) is 56.3 Å². The zero-order chi connectivity index (χ0) is 18.3. The van der Waals surface area contributed by atoms with Crippen LogP contribution in [0.1, 0.15) is 49.9 Å². The molecular weight excluding hydrogens is 336 g/mol. The smallest absolute Gasteiger partial charge is 0.130 e. The van der Waals surface area contributed by atoms with Gasteiger partial charge < -0.3 is 4.74 Å². The summed E-state index contributed by atoms with van der Waals surface area (Å²) in [5, 5.41) is 0. The van der Waals surface area contributed by atoms with E-state index in [2.05, 4.69) is 19.8 Å². The second kappa shape index (κ2) is 7.41. The van der Waals surface area contributed by atoms with Gasteiger partial charge >= 0.3 is 0 Å². The lowest BCUT2D eigenvalue weighted by Gasteiger charge is -2.61. The Morgan fingerprint density at radius 1 is 0.963 bits per heavy atom. The molecule has 2 heterocycles. The van der Waals surface area contributed by atoms with Crippen molar-refractivity contribution in [3.63, 3.8) is 0 Å². The first kappa shape index (κ1) is 18.0. The fourth-order valence-electron chi connectivity index (χ4n) is 6.88. The van der Waals surface area contributed by atoms with Crippen molar-refractivity contribution in [2.75, 3.05) is 39.9 Å². The van der Waals surface area contributed by atoms with E-state index in [9.17, 15) is 0 Å². The molecule has 0 spiro atoms. The van der Waals surface area contributed by atoms with Crippen LogP contribution in [0.5, 0.6) is 0 Å². The summed E-state index contributed by atoms with van der Waals surface area (Å²) in [5.74, 6) is 4.02. The number of ether oxygens (including phenoxy) is 1. The van der Waals surface area contributed by atoms with Crippen molar-refractivity contribution < 1.29 is 4.74 Å². The van der Waals surface area contributed by atoms with E-state index in [-0.39, 0.29) is 0 Å². The van der Waals surface area contributed by atoms with Crippen molar-refractivity contribution in [3.05, 3.63) is 23.8 Å². The molecule has 1 saturated heterocycles. The summed E-state index contributed by atoms with van der Waals surface area (Å²) in [5.41, 5.74) is 1.81. The summed E-state index contributed by atoms with van der Waals surface area (Å²) >= 11 is 0. The van der Waals surface area contributed by atoms with Crippen molar-refractivity contribution in [3.8, 4) is 0 Å². The first-order chi connectivity index (χ1) is 13.2. The molecule has 0 amide bonds. The Kier molecular flexibility index (Phi) is 4.95. The van der Waals surface area contributed by atoms with E-state index < -0.39 is 0 Å². The number of hydrogen-bond donors (Lipinski definition) is 0. The molecule has 5 aliphatic rings. The van der Waals surface area contributed by atoms with Crippen LogP contribution in [0.2, 0.25) is 0 Å². The largest absolute Gasteiger partial charge is 0.384 e. The highest BCUT2D eigenvalue weighted by molar-refractivity contribution is 5.09. The number of methoxy groups -OCH3 is 1. The summed E-state index contributed by atoms with van der Waals surface area (Å²) in [6.07, 6.45) is 13.9. The molecule has 0 atom stereocenters. The van der Waals surface area contributed by atoms with Gasteiger partial charge in [0.15, 0.2) is 0 Å². The van der Waals surface area contributed by atoms with Crippen LogP contribution < -0.4 is 0 Å². The van der Waals surface area contributed by atoms with Crippen LogP contribution >= 0.6 is 0 Å². The molecule has 1 aliphatic heterocycles. The molecule has 0 N–H and O–H groups in total. The predicted octanol–water partition coefficient (Wildman–Crippen LogP) is 2.75. The van der Waals surface area contributed by atoms with Crippen LogP contribution in [0.3, 0.4) is 0 Å². The summed E-state index contributed by atoms with van der Waals surface area (Å²) in [6.45, 7) is 6.54. The fourth-order valence-corrected chi connectivity index (χ4v) is 6.88. The highest BCUT2D eigenvalue weighted by Crippen LogP contribution is 2.57. The van der Waals surface area contributed by atoms with Crippen LogP contribution in [0.25, 0.3) is 0 Å². The molecular formula is C22H34N4O. The van der Waals surface area contributed by atoms with Gasteiger partial charge in [-0.15, -0.1) is 0 Å². The van der Waals surface area contributed by atoms with E-state index in [0.29, 0.717) is 12.1 Å². The average Bonchev–Trinajstić information content (AvgIpc) is 2.67. The maximum Gasteiger partial charge on any atom is 0.130 e. The Morgan fingerprint density at radius 2 is 1.56 bits per heavy atom. The molecule has 148 valence electrons. The highest BCUT2D eigenvalue weighted by atomic mass is 16.5. The SMILES string of the molecule is COCCc1ncc(CN2CCN(C34CC5CC(CC(C5)C3)C4)CC2)cn1. The molecule has 5 nitrogen and oxygen atoms in total. The van der Waals surface area contributed by atoms with Gasteiger partial charge in [0.1, 0.15) is 5.82 Å². The van der Waals surface area contributed by atoms with Gasteiger partial charge in [-0.1, -0.05) is 0 Å². The maximum absolute atomic E-state index is 5.10. The molecule has 4 aliphatic carbocycles. The van der Waals surface area contributed by atoms with Crippen LogP contribution in [-0.4, -0.2) is 65.2 Å². The first-order valence-corrected chi connectivity index (χ1v) is 11.0. The van der Waals surface area contributed by atoms with E-state index in [0.717, 1.165) is 36.5 Å². The minimum atomic E-state index is 0.576. The molecule has 4 bridgehead atoms. The van der Waals surface area contributed by atoms with E-state index in [1.54, 1.807) is 26.4 Å². The van der Waals surface area contributed by atoms with Crippen molar-refractivity contribution in [2.45, 2.75) is 57.0 Å². The van der Waals surface area contributed by atoms with Crippen molar-refractivity contribution in [1.29, 1.82) is 0 Å². The molecule has 5 fully saturated rings. The molecule has 1 aromatic heterocycles. The van der Waals surface area contributed by atoms with E-state index >= 15 is 0 Å². The molecule has 1 aromatic rings. The van der Waals surface area contributed by atoms with E-state index in [1.165, 1.54) is 51.0 Å². The molecule has 4 saturated carbocycles. The number of aromatic nitrogens is 2. The van der Waals surface area contributed by atoms with Gasteiger partial charge in [0, 0.05) is 69.8 Å². The van der Waals surface area contributed by atoms with Crippen LogP contribution in [0.15, 0.2) is 12.4 Å². The standard InChI is InChI=1S/C22H34N4O/c1-27-7-2-21-23-14-20(15-24-21)16-25-3-5-26(6-4-25)22-11-17-8-18(12-22)10-19(9-17)13-22/h14-15,17-19H,2-13,16H2,1H3. The molecule has 6 rings (SSSR count). The second-order valence-corrected chi connectivity index (χ2v) is 9.66. The lowest BCUT2D eigenvalue weighted by molar-refractivity contribution is -0.101. The van der Waals surface area contributed by atoms with Crippen LogP contribution in [0, 0.1) is 17.8 Å². The summed E-state index contributed by atoms with van der Waals surface area (Å²) in [7, 11) is 1.72. The number of piperazine rings is 1. The molecule has 27 heavy (non-hydrogen) atoms. The summed E-state index contributed by atoms with van der Waals surface area (Å²) in [4.78, 5) is 14.5. The Morgan fingerprint density at radius 3 is 2.11 bits per heavy atom. The van der Waals surface area contributed by atoms with Gasteiger partial charge in [-0.3, -0.25) is 9.80 Å². The zero-order valence-electron chi connectivity index (χ0n) is 16.8. The van der Waals surface area contributed by atoms with Gasteiger partial charge in [-0.2, -0.15) is 0 Å². The third kappa shape index (κ3) is 3.66. The second-order valence-electron chi connectivity index (χ2n) is 9.66. The minimum absolute atomic E-state index is 0.576. The maximum atomic E-state index is 5.10. The quantitative estimate of drug-likeness (QED) is 0.770. The molecule has 0 unspecified atom stereocenters. The monoisotopic (exact) mass is 370 g/mol. The zero-order valence-corrected chi connectivity index (χ0v) is 16.8. The minimum Gasteiger partial charge on any atom is -0.384 e. The third-order valence-corrected chi connectivity index (χ3v) is 7.74. The average molecular weight is 371 g/mol. The van der Waals surface area contributed by atoms with Crippen molar-refractivity contribution >= 4 is 0 Å². The van der Waals surface area contributed by atoms with Gasteiger partial charge in [0.2, 0.25) is 0 Å². The van der Waals surface area contributed by atoms with Crippen LogP contribution in [-0.2, 0) is 17.7 Å². The Balaban J connectivity index is 1.15. The van der Waals surface area contributed by atoms with E-state index in [1.807, 2.05) is 12.4 Å². The Bertz CT molecular complexity index is 603. The molecule has 0 radical (unpaired) electrons. The highest BCUT2D eigenvalue weighted by Gasteiger charge is 2.53. The molecule has 0 aromatic carbocycles. The van der Waals surface area contributed by atoms with Gasteiger partial charge in [-0.25, -0.2) is 9.97 Å². The predicted molar refractivity (Wildman–Crippen MR) is 105 cm³/mol. The normalized spacial score (nSPS) is 36.4. The van der Waals surface area contributed by atoms with Gasteiger partial charge in [0.25, 0.3) is 0 Å².